The lowest BCUT2D eigenvalue weighted by Gasteiger charge is -2.22. The smallest absolute Gasteiger partial charge is 0.164 e. The standard InChI is InChI=1S/C67H45N3O2S/c1-3-46(41-18-6-4-7-19-41)49-34-31-45(39-53(49)47-22-11-10-17-40(47)2)48-24-16-30-61-64(48)55-38-44(33-36-60(55)73-61)43-32-35-57-54(37-43)63-52(26-15-29-59(63)72-57)67-69-65(42-20-8-5-9-21-42)68-66(70-67)51-25-14-28-58-62(51)50-23-12-13-27-56(50)71-58/h4-39,46H,3H2,1-2H3. The van der Waals surface area contributed by atoms with Crippen LogP contribution in [-0.2, 0) is 0 Å². The maximum atomic E-state index is 6.63. The number of para-hydroxylation sites is 1. The molecular weight excluding hydrogens is 911 g/mol. The lowest BCUT2D eigenvalue weighted by Crippen LogP contribution is -2.03. The Morgan fingerprint density at radius 3 is 1.71 bits per heavy atom. The number of benzene rings is 10. The van der Waals surface area contributed by atoms with Crippen molar-refractivity contribution in [2.75, 3.05) is 0 Å². The molecule has 0 saturated carbocycles. The number of nitrogens with zero attached hydrogens (tertiary/aromatic N) is 3. The molecule has 0 amide bonds. The van der Waals surface area contributed by atoms with E-state index in [9.17, 15) is 0 Å². The van der Waals surface area contributed by atoms with Gasteiger partial charge < -0.3 is 8.83 Å². The molecule has 10 aromatic carbocycles. The van der Waals surface area contributed by atoms with Crippen molar-refractivity contribution in [3.63, 3.8) is 0 Å². The topological polar surface area (TPSA) is 65.0 Å². The fraction of sp³-hybridized carbons (Fsp3) is 0.0597. The van der Waals surface area contributed by atoms with E-state index in [-0.39, 0.29) is 5.92 Å². The summed E-state index contributed by atoms with van der Waals surface area (Å²) in [6, 6.07) is 77.6. The fourth-order valence-corrected chi connectivity index (χ4v) is 12.3. The van der Waals surface area contributed by atoms with Crippen LogP contribution in [0.3, 0.4) is 0 Å². The van der Waals surface area contributed by atoms with Crippen LogP contribution in [0.15, 0.2) is 227 Å². The highest BCUT2D eigenvalue weighted by molar-refractivity contribution is 7.26. The van der Waals surface area contributed by atoms with E-state index >= 15 is 0 Å². The highest BCUT2D eigenvalue weighted by atomic mass is 32.1. The SMILES string of the molecule is CCC(c1ccccc1)c1ccc(-c2cccc3sc4ccc(-c5ccc6oc7cccc(-c8nc(-c9ccccc9)nc(-c9cccc%10oc%11ccccc%11c9%10)n8)c7c6c5)cc4c23)cc1-c1ccccc1C. The summed E-state index contributed by atoms with van der Waals surface area (Å²) in [5, 5.41) is 6.46. The number of thiophene rings is 1. The Labute approximate surface area is 425 Å². The monoisotopic (exact) mass is 955 g/mol. The number of aromatic nitrogens is 3. The number of furan rings is 2. The van der Waals surface area contributed by atoms with Crippen LogP contribution < -0.4 is 0 Å². The fourth-order valence-electron chi connectivity index (χ4n) is 11.2. The molecule has 0 radical (unpaired) electrons. The van der Waals surface area contributed by atoms with Crippen molar-refractivity contribution in [2.24, 2.45) is 0 Å². The van der Waals surface area contributed by atoms with Gasteiger partial charge in [0.15, 0.2) is 17.5 Å². The van der Waals surface area contributed by atoms with Gasteiger partial charge in [-0.3, -0.25) is 0 Å². The van der Waals surface area contributed by atoms with Gasteiger partial charge in [-0.1, -0.05) is 171 Å². The van der Waals surface area contributed by atoms with Crippen molar-refractivity contribution in [1.82, 2.24) is 15.0 Å². The first-order valence-electron chi connectivity index (χ1n) is 24.9. The van der Waals surface area contributed by atoms with E-state index in [2.05, 4.69) is 159 Å². The molecule has 4 heterocycles. The maximum Gasteiger partial charge on any atom is 0.164 e. The zero-order valence-corrected chi connectivity index (χ0v) is 41.0. The summed E-state index contributed by atoms with van der Waals surface area (Å²) in [4.78, 5) is 15.7. The molecule has 0 fully saturated rings. The predicted octanol–water partition coefficient (Wildman–Crippen LogP) is 18.9. The molecule has 0 aliphatic heterocycles. The summed E-state index contributed by atoms with van der Waals surface area (Å²) in [7, 11) is 0. The van der Waals surface area contributed by atoms with Crippen LogP contribution in [0.4, 0.5) is 0 Å². The van der Waals surface area contributed by atoms with Crippen molar-refractivity contribution >= 4 is 75.4 Å². The van der Waals surface area contributed by atoms with Crippen molar-refractivity contribution in [1.29, 1.82) is 0 Å². The molecule has 0 N–H and O–H groups in total. The highest BCUT2D eigenvalue weighted by Crippen LogP contribution is 2.46. The second-order valence-corrected chi connectivity index (χ2v) is 20.0. The molecule has 0 spiro atoms. The van der Waals surface area contributed by atoms with E-state index in [4.69, 9.17) is 23.8 Å². The van der Waals surface area contributed by atoms with Gasteiger partial charge >= 0.3 is 0 Å². The number of aryl methyl sites for hydroxylation is 1. The first kappa shape index (κ1) is 42.9. The first-order chi connectivity index (χ1) is 36.0. The Kier molecular flexibility index (Phi) is 10.2. The zero-order valence-electron chi connectivity index (χ0n) is 40.1. The molecule has 0 saturated heterocycles. The van der Waals surface area contributed by atoms with Crippen LogP contribution in [0.5, 0.6) is 0 Å². The quantitative estimate of drug-likeness (QED) is 0.144. The molecular formula is C67H45N3O2S. The van der Waals surface area contributed by atoms with Crippen molar-refractivity contribution in [2.45, 2.75) is 26.2 Å². The Balaban J connectivity index is 0.914. The normalized spacial score (nSPS) is 12.2. The van der Waals surface area contributed by atoms with E-state index in [1.807, 2.05) is 84.1 Å². The van der Waals surface area contributed by atoms with E-state index < -0.39 is 0 Å². The number of hydrogen-bond donors (Lipinski definition) is 0. The molecule has 14 aromatic rings. The summed E-state index contributed by atoms with van der Waals surface area (Å²) >= 11 is 1.85. The molecule has 1 unspecified atom stereocenters. The highest BCUT2D eigenvalue weighted by Gasteiger charge is 2.23. The maximum absolute atomic E-state index is 6.63. The van der Waals surface area contributed by atoms with E-state index in [1.54, 1.807) is 0 Å². The molecule has 0 aliphatic rings. The second kappa shape index (κ2) is 17.4. The average Bonchev–Trinajstić information content (AvgIpc) is 4.15. The molecule has 5 nitrogen and oxygen atoms in total. The van der Waals surface area contributed by atoms with Crippen LogP contribution in [-0.4, -0.2) is 15.0 Å². The van der Waals surface area contributed by atoms with E-state index in [0.717, 1.165) is 78.1 Å². The van der Waals surface area contributed by atoms with Gasteiger partial charge in [0.05, 0.1) is 0 Å². The first-order valence-corrected chi connectivity index (χ1v) is 25.7. The second-order valence-electron chi connectivity index (χ2n) is 18.9. The largest absolute Gasteiger partial charge is 0.456 e. The minimum absolute atomic E-state index is 0.275. The molecule has 4 aromatic heterocycles. The molecule has 6 heteroatoms. The minimum Gasteiger partial charge on any atom is -0.456 e. The van der Waals surface area contributed by atoms with E-state index in [0.29, 0.717) is 17.5 Å². The van der Waals surface area contributed by atoms with Gasteiger partial charge in [0.1, 0.15) is 22.3 Å². The van der Waals surface area contributed by atoms with E-state index in [1.165, 1.54) is 59.1 Å². The van der Waals surface area contributed by atoms with Crippen molar-refractivity contribution in [3.05, 3.63) is 235 Å². The lowest BCUT2D eigenvalue weighted by atomic mass is 9.82. The minimum atomic E-state index is 0.275. The third kappa shape index (κ3) is 7.24. The van der Waals surface area contributed by atoms with Crippen LogP contribution in [0, 0.1) is 6.92 Å². The Morgan fingerprint density at radius 2 is 0.959 bits per heavy atom. The van der Waals surface area contributed by atoms with Crippen LogP contribution >= 0.6 is 11.3 Å². The predicted molar refractivity (Wildman–Crippen MR) is 303 cm³/mol. The molecule has 1 atom stereocenters. The van der Waals surface area contributed by atoms with Crippen LogP contribution in [0.1, 0.15) is 36.0 Å². The van der Waals surface area contributed by atoms with Crippen LogP contribution in [0.2, 0.25) is 0 Å². The summed E-state index contributed by atoms with van der Waals surface area (Å²) in [5.41, 5.74) is 17.0. The van der Waals surface area contributed by atoms with Gasteiger partial charge in [0.25, 0.3) is 0 Å². The van der Waals surface area contributed by atoms with Crippen molar-refractivity contribution < 1.29 is 8.83 Å². The summed E-state index contributed by atoms with van der Waals surface area (Å²) in [6.45, 7) is 4.53. The van der Waals surface area contributed by atoms with Gasteiger partial charge in [-0.05, 0) is 118 Å². The summed E-state index contributed by atoms with van der Waals surface area (Å²) in [5.74, 6) is 2.00. The van der Waals surface area contributed by atoms with Gasteiger partial charge in [-0.25, -0.2) is 15.0 Å². The van der Waals surface area contributed by atoms with Gasteiger partial charge in [0.2, 0.25) is 0 Å². The molecule has 0 bridgehead atoms. The zero-order chi connectivity index (χ0) is 48.6. The van der Waals surface area contributed by atoms with Gasteiger partial charge in [0, 0.05) is 64.3 Å². The Hall–Kier alpha value is -8.97. The number of fused-ring (bicyclic) bond motifs is 9. The number of hydrogen-bond acceptors (Lipinski definition) is 6. The average molecular weight is 956 g/mol. The summed E-state index contributed by atoms with van der Waals surface area (Å²) < 4.78 is 15.5. The van der Waals surface area contributed by atoms with Crippen molar-refractivity contribution in [3.8, 4) is 67.5 Å². The third-order valence-electron chi connectivity index (χ3n) is 14.7. The molecule has 73 heavy (non-hydrogen) atoms. The van der Waals surface area contributed by atoms with Crippen LogP contribution in [0.25, 0.3) is 132 Å². The Morgan fingerprint density at radius 1 is 0.384 bits per heavy atom. The molecule has 0 aliphatic carbocycles. The third-order valence-corrected chi connectivity index (χ3v) is 15.8. The summed E-state index contributed by atoms with van der Waals surface area (Å²) in [6.07, 6.45) is 1.01. The molecule has 14 rings (SSSR count). The van der Waals surface area contributed by atoms with Gasteiger partial charge in [-0.15, -0.1) is 11.3 Å². The Bertz CT molecular complexity index is 4450. The number of rotatable bonds is 9. The lowest BCUT2D eigenvalue weighted by molar-refractivity contribution is 0.668. The molecule has 346 valence electrons. The van der Waals surface area contributed by atoms with Gasteiger partial charge in [-0.2, -0.15) is 0 Å².